The van der Waals surface area contributed by atoms with Crippen molar-refractivity contribution in [3.63, 3.8) is 0 Å². The number of fused-ring (bicyclic) bond motifs is 1. The normalized spacial score (nSPS) is 18.2. The Morgan fingerprint density at radius 3 is 2.33 bits per heavy atom. The lowest BCUT2D eigenvalue weighted by molar-refractivity contribution is -0.119. The molecule has 2 aliphatic heterocycles. The highest BCUT2D eigenvalue weighted by Gasteiger charge is 2.39. The zero-order chi connectivity index (χ0) is 19.2. The Bertz CT molecular complexity index is 909. The number of rotatable bonds is 2. The first-order valence-electron chi connectivity index (χ1n) is 8.96. The van der Waals surface area contributed by atoms with E-state index in [1.54, 1.807) is 40.1 Å². The summed E-state index contributed by atoms with van der Waals surface area (Å²) in [7, 11) is 0. The Balaban J connectivity index is 1.46. The zero-order valence-corrected chi connectivity index (χ0v) is 15.3. The van der Waals surface area contributed by atoms with Crippen molar-refractivity contribution in [3.8, 4) is 0 Å². The molecule has 3 amide bonds. The van der Waals surface area contributed by atoms with Crippen LogP contribution < -0.4 is 5.32 Å². The van der Waals surface area contributed by atoms with Crippen LogP contribution >= 0.6 is 0 Å². The van der Waals surface area contributed by atoms with E-state index in [0.29, 0.717) is 37.5 Å². The molecule has 1 aromatic heterocycles. The fourth-order valence-corrected chi connectivity index (χ4v) is 3.56. The maximum Gasteiger partial charge on any atom is 0.289 e. The quantitative estimate of drug-likeness (QED) is 0.881. The third-order valence-electron chi connectivity index (χ3n) is 5.34. The van der Waals surface area contributed by atoms with Gasteiger partial charge in [-0.2, -0.15) is 0 Å². The van der Waals surface area contributed by atoms with Gasteiger partial charge in [0.1, 0.15) is 0 Å². The van der Waals surface area contributed by atoms with E-state index in [1.165, 1.54) is 6.26 Å². The predicted octanol–water partition coefficient (Wildman–Crippen LogP) is 2.11. The molecule has 0 spiro atoms. The van der Waals surface area contributed by atoms with Crippen molar-refractivity contribution >= 4 is 23.4 Å². The first-order chi connectivity index (χ1) is 12.9. The van der Waals surface area contributed by atoms with Crippen LogP contribution in [-0.2, 0) is 10.2 Å². The third-order valence-corrected chi connectivity index (χ3v) is 5.34. The number of piperazine rings is 1. The van der Waals surface area contributed by atoms with Gasteiger partial charge in [0.15, 0.2) is 5.76 Å². The number of furan rings is 1. The highest BCUT2D eigenvalue weighted by Crippen LogP contribution is 2.37. The van der Waals surface area contributed by atoms with Crippen LogP contribution in [0, 0.1) is 0 Å². The number of hydrogen-bond donors (Lipinski definition) is 1. The van der Waals surface area contributed by atoms with Gasteiger partial charge in [-0.25, -0.2) is 0 Å². The van der Waals surface area contributed by atoms with E-state index in [-0.39, 0.29) is 17.7 Å². The summed E-state index contributed by atoms with van der Waals surface area (Å²) in [6.45, 7) is 5.54. The summed E-state index contributed by atoms with van der Waals surface area (Å²) in [6.07, 6.45) is 1.47. The van der Waals surface area contributed by atoms with Gasteiger partial charge in [0, 0.05) is 37.4 Å². The smallest absolute Gasteiger partial charge is 0.289 e. The van der Waals surface area contributed by atoms with Gasteiger partial charge in [0.25, 0.3) is 11.8 Å². The fraction of sp³-hybridized carbons (Fsp3) is 0.350. The first kappa shape index (κ1) is 17.3. The van der Waals surface area contributed by atoms with Crippen molar-refractivity contribution in [3.05, 3.63) is 53.5 Å². The molecule has 0 atom stereocenters. The summed E-state index contributed by atoms with van der Waals surface area (Å²) >= 11 is 0. The van der Waals surface area contributed by atoms with Gasteiger partial charge < -0.3 is 19.5 Å². The van der Waals surface area contributed by atoms with Gasteiger partial charge in [-0.05, 0) is 49.7 Å². The van der Waals surface area contributed by atoms with Gasteiger partial charge in [-0.1, -0.05) is 0 Å². The second kappa shape index (κ2) is 6.26. The first-order valence-corrected chi connectivity index (χ1v) is 8.96. The second-order valence-electron chi connectivity index (χ2n) is 7.40. The van der Waals surface area contributed by atoms with Crippen LogP contribution in [0.2, 0.25) is 0 Å². The lowest BCUT2D eigenvalue weighted by atomic mass is 9.85. The average molecular weight is 367 g/mol. The van der Waals surface area contributed by atoms with Crippen LogP contribution in [0.4, 0.5) is 5.69 Å². The standard InChI is InChI=1S/C20H21N3O4/c1-20(2)14-12-13(5-6-15(14)21-19(20)26)17(24)22-7-9-23(10-8-22)18(25)16-4-3-11-27-16/h3-6,11-12H,7-10H2,1-2H3,(H,21,26). The molecular formula is C20H21N3O4. The second-order valence-corrected chi connectivity index (χ2v) is 7.40. The SMILES string of the molecule is CC1(C)C(=O)Nc2ccc(C(=O)N3CCN(C(=O)c4ccco4)CC3)cc21. The van der Waals surface area contributed by atoms with Crippen LogP contribution in [0.25, 0.3) is 0 Å². The molecule has 1 fully saturated rings. The zero-order valence-electron chi connectivity index (χ0n) is 15.3. The number of nitrogens with zero attached hydrogens (tertiary/aromatic N) is 2. The van der Waals surface area contributed by atoms with Crippen molar-refractivity contribution in [2.75, 3.05) is 31.5 Å². The van der Waals surface area contributed by atoms with E-state index in [9.17, 15) is 14.4 Å². The van der Waals surface area contributed by atoms with E-state index >= 15 is 0 Å². The molecule has 1 aromatic carbocycles. The Morgan fingerprint density at radius 2 is 1.70 bits per heavy atom. The molecule has 27 heavy (non-hydrogen) atoms. The molecule has 1 saturated heterocycles. The van der Waals surface area contributed by atoms with Gasteiger partial charge >= 0.3 is 0 Å². The summed E-state index contributed by atoms with van der Waals surface area (Å²) in [5.41, 5.74) is 1.50. The van der Waals surface area contributed by atoms with Crippen molar-refractivity contribution in [1.29, 1.82) is 0 Å². The number of anilines is 1. The predicted molar refractivity (Wildman–Crippen MR) is 98.6 cm³/mol. The largest absolute Gasteiger partial charge is 0.459 e. The minimum absolute atomic E-state index is 0.0628. The van der Waals surface area contributed by atoms with Gasteiger partial charge in [-0.3, -0.25) is 14.4 Å². The van der Waals surface area contributed by atoms with Crippen molar-refractivity contribution in [2.45, 2.75) is 19.3 Å². The van der Waals surface area contributed by atoms with Crippen molar-refractivity contribution in [1.82, 2.24) is 9.80 Å². The minimum atomic E-state index is -0.653. The summed E-state index contributed by atoms with van der Waals surface area (Å²) in [5.74, 6) is 0.00830. The summed E-state index contributed by atoms with van der Waals surface area (Å²) < 4.78 is 5.16. The monoisotopic (exact) mass is 367 g/mol. The molecule has 1 N–H and O–H groups in total. The molecule has 2 aliphatic rings. The topological polar surface area (TPSA) is 82.9 Å². The van der Waals surface area contributed by atoms with E-state index < -0.39 is 5.41 Å². The van der Waals surface area contributed by atoms with Crippen molar-refractivity contribution < 1.29 is 18.8 Å². The Labute approximate surface area is 156 Å². The van der Waals surface area contributed by atoms with Crippen LogP contribution in [0.3, 0.4) is 0 Å². The Morgan fingerprint density at radius 1 is 1.04 bits per heavy atom. The maximum atomic E-state index is 12.9. The number of carbonyl (C=O) groups is 3. The highest BCUT2D eigenvalue weighted by molar-refractivity contribution is 6.07. The lowest BCUT2D eigenvalue weighted by Gasteiger charge is -2.34. The molecular weight excluding hydrogens is 346 g/mol. The molecule has 2 aromatic rings. The maximum absolute atomic E-state index is 12.9. The van der Waals surface area contributed by atoms with Gasteiger partial charge in [-0.15, -0.1) is 0 Å². The number of benzene rings is 1. The molecule has 3 heterocycles. The van der Waals surface area contributed by atoms with Gasteiger partial charge in [0.05, 0.1) is 11.7 Å². The molecule has 7 nitrogen and oxygen atoms in total. The molecule has 7 heteroatoms. The molecule has 0 unspecified atom stereocenters. The Hall–Kier alpha value is -3.09. The minimum Gasteiger partial charge on any atom is -0.459 e. The van der Waals surface area contributed by atoms with Crippen LogP contribution in [0.5, 0.6) is 0 Å². The Kier molecular flexibility index (Phi) is 4.02. The van der Waals surface area contributed by atoms with E-state index in [4.69, 9.17) is 4.42 Å². The number of carbonyl (C=O) groups excluding carboxylic acids is 3. The lowest BCUT2D eigenvalue weighted by Crippen LogP contribution is -2.50. The van der Waals surface area contributed by atoms with Crippen LogP contribution in [0.15, 0.2) is 41.0 Å². The number of nitrogens with one attached hydrogen (secondary N) is 1. The van der Waals surface area contributed by atoms with E-state index in [2.05, 4.69) is 5.32 Å². The van der Waals surface area contributed by atoms with Gasteiger partial charge in [0.2, 0.25) is 5.91 Å². The molecule has 140 valence electrons. The summed E-state index contributed by atoms with van der Waals surface area (Å²) in [4.78, 5) is 40.7. The molecule has 0 bridgehead atoms. The highest BCUT2D eigenvalue weighted by atomic mass is 16.3. The average Bonchev–Trinajstić information content (AvgIpc) is 3.28. The summed E-state index contributed by atoms with van der Waals surface area (Å²) in [5, 5.41) is 2.85. The summed E-state index contributed by atoms with van der Waals surface area (Å²) in [6, 6.07) is 8.65. The van der Waals surface area contributed by atoms with Crippen LogP contribution in [0.1, 0.15) is 40.3 Å². The third kappa shape index (κ3) is 2.89. The molecule has 0 saturated carbocycles. The van der Waals surface area contributed by atoms with E-state index in [1.807, 2.05) is 13.8 Å². The van der Waals surface area contributed by atoms with E-state index in [0.717, 1.165) is 11.3 Å². The molecule has 0 aliphatic carbocycles. The fourth-order valence-electron chi connectivity index (χ4n) is 3.56. The molecule has 4 rings (SSSR count). The molecule has 0 radical (unpaired) electrons. The van der Waals surface area contributed by atoms with Crippen LogP contribution in [-0.4, -0.2) is 53.7 Å². The number of hydrogen-bond acceptors (Lipinski definition) is 4. The van der Waals surface area contributed by atoms with Crippen molar-refractivity contribution in [2.24, 2.45) is 0 Å². The number of amides is 3.